The molecule has 0 spiro atoms. The molecule has 0 unspecified atom stereocenters. The first-order valence-electron chi connectivity index (χ1n) is 10.3. The van der Waals surface area contributed by atoms with Crippen molar-refractivity contribution in [1.29, 1.82) is 0 Å². The average molecular weight is 519 g/mol. The molecule has 0 aromatic heterocycles. The molecule has 0 heterocycles. The Labute approximate surface area is 208 Å². The third-order valence-electron chi connectivity index (χ3n) is 4.79. The predicted molar refractivity (Wildman–Crippen MR) is 132 cm³/mol. The summed E-state index contributed by atoms with van der Waals surface area (Å²) in [7, 11) is -1.39. The highest BCUT2D eigenvalue weighted by molar-refractivity contribution is 7.92. The van der Waals surface area contributed by atoms with Crippen LogP contribution in [0, 0.1) is 0 Å². The number of anilines is 2. The summed E-state index contributed by atoms with van der Waals surface area (Å²) in [4.78, 5) is 24.4. The zero-order chi connectivity index (χ0) is 25.6. The van der Waals surface area contributed by atoms with Gasteiger partial charge in [-0.25, -0.2) is 13.2 Å². The highest BCUT2D eigenvalue weighted by Crippen LogP contribution is 2.32. The Morgan fingerprint density at radius 2 is 1.60 bits per heavy atom. The van der Waals surface area contributed by atoms with Crippen molar-refractivity contribution in [3.63, 3.8) is 0 Å². The monoisotopic (exact) mass is 518 g/mol. The molecule has 3 aromatic rings. The van der Waals surface area contributed by atoms with Crippen LogP contribution in [0.15, 0.2) is 65.6 Å². The van der Waals surface area contributed by atoms with Crippen LogP contribution in [-0.2, 0) is 14.8 Å². The summed E-state index contributed by atoms with van der Waals surface area (Å²) < 4.78 is 43.7. The van der Waals surface area contributed by atoms with Gasteiger partial charge in [0.1, 0.15) is 16.4 Å². The Kier molecular flexibility index (Phi) is 8.21. The summed E-state index contributed by atoms with van der Waals surface area (Å²) in [6.07, 6.45) is 0. The van der Waals surface area contributed by atoms with Crippen LogP contribution in [0.2, 0.25) is 5.02 Å². The highest BCUT2D eigenvalue weighted by Gasteiger charge is 2.22. The second-order valence-corrected chi connectivity index (χ2v) is 9.13. The maximum atomic E-state index is 13.1. The maximum absolute atomic E-state index is 13.1. The minimum Gasteiger partial charge on any atom is -0.497 e. The van der Waals surface area contributed by atoms with Crippen molar-refractivity contribution in [2.24, 2.45) is 0 Å². The number of rotatable bonds is 9. The van der Waals surface area contributed by atoms with Gasteiger partial charge in [0.05, 0.1) is 37.1 Å². The Balaban J connectivity index is 1.82. The van der Waals surface area contributed by atoms with E-state index in [2.05, 4.69) is 10.0 Å². The molecule has 0 saturated carbocycles. The number of amides is 1. The third kappa shape index (κ3) is 6.23. The topological polar surface area (TPSA) is 120 Å². The second kappa shape index (κ2) is 11.1. The van der Waals surface area contributed by atoms with Crippen LogP contribution in [0.1, 0.15) is 27.6 Å². The van der Waals surface area contributed by atoms with Gasteiger partial charge in [-0.3, -0.25) is 9.52 Å². The molecule has 0 aliphatic rings. The van der Waals surface area contributed by atoms with E-state index in [9.17, 15) is 18.0 Å². The van der Waals surface area contributed by atoms with E-state index in [1.165, 1.54) is 56.7 Å². The van der Waals surface area contributed by atoms with E-state index in [1.807, 2.05) is 0 Å². The summed E-state index contributed by atoms with van der Waals surface area (Å²) in [6, 6.07) is 14.7. The first-order valence-corrected chi connectivity index (χ1v) is 12.2. The lowest BCUT2D eigenvalue weighted by Crippen LogP contribution is -2.16. The van der Waals surface area contributed by atoms with Gasteiger partial charge in [0, 0.05) is 17.3 Å². The van der Waals surface area contributed by atoms with Gasteiger partial charge in [-0.05, 0) is 61.5 Å². The smallest absolute Gasteiger partial charge is 0.338 e. The summed E-state index contributed by atoms with van der Waals surface area (Å²) in [6.45, 7) is 1.96. The third-order valence-corrected chi connectivity index (χ3v) is 6.50. The fourth-order valence-electron chi connectivity index (χ4n) is 3.05. The molecule has 0 saturated heterocycles. The van der Waals surface area contributed by atoms with Crippen LogP contribution in [-0.4, -0.2) is 41.1 Å². The number of benzene rings is 3. The van der Waals surface area contributed by atoms with Crippen molar-refractivity contribution >= 4 is 44.9 Å². The number of ether oxygens (including phenoxy) is 3. The first-order chi connectivity index (χ1) is 16.7. The van der Waals surface area contributed by atoms with Gasteiger partial charge in [0.25, 0.3) is 15.9 Å². The van der Waals surface area contributed by atoms with Crippen molar-refractivity contribution < 1.29 is 32.2 Å². The van der Waals surface area contributed by atoms with Crippen LogP contribution in [0.4, 0.5) is 11.4 Å². The lowest BCUT2D eigenvalue weighted by molar-refractivity contribution is 0.0526. The van der Waals surface area contributed by atoms with Gasteiger partial charge in [-0.15, -0.1) is 0 Å². The average Bonchev–Trinajstić information content (AvgIpc) is 2.85. The molecular weight excluding hydrogens is 496 g/mol. The Hall–Kier alpha value is -3.76. The number of hydrogen-bond donors (Lipinski definition) is 2. The van der Waals surface area contributed by atoms with E-state index in [0.717, 1.165) is 0 Å². The van der Waals surface area contributed by atoms with E-state index >= 15 is 0 Å². The molecule has 3 rings (SSSR count). The van der Waals surface area contributed by atoms with Gasteiger partial charge in [0.2, 0.25) is 0 Å². The lowest BCUT2D eigenvalue weighted by atomic mass is 10.1. The SMILES string of the molecule is CCOC(=O)c1ccc(NC(=O)c2ccc(Cl)c(NS(=O)(=O)c3cc(OC)ccc3OC)c2)cc1. The van der Waals surface area contributed by atoms with Gasteiger partial charge in [0.15, 0.2) is 0 Å². The van der Waals surface area contributed by atoms with E-state index < -0.39 is 21.9 Å². The summed E-state index contributed by atoms with van der Waals surface area (Å²) in [5.41, 5.74) is 0.934. The van der Waals surface area contributed by atoms with Crippen molar-refractivity contribution in [1.82, 2.24) is 0 Å². The number of methoxy groups -OCH3 is 2. The summed E-state index contributed by atoms with van der Waals surface area (Å²) >= 11 is 6.20. The standard InChI is InChI=1S/C24H23ClN2O7S/c1-4-34-24(29)15-5-8-17(9-6-15)26-23(28)16-7-11-19(25)20(13-16)27-35(30,31)22-14-18(32-2)10-12-21(22)33-3/h5-14,27H,4H2,1-3H3,(H,26,28). The van der Waals surface area contributed by atoms with E-state index in [4.69, 9.17) is 25.8 Å². The van der Waals surface area contributed by atoms with Crippen LogP contribution in [0.3, 0.4) is 0 Å². The quantitative estimate of drug-likeness (QED) is 0.397. The van der Waals surface area contributed by atoms with Crippen LogP contribution in [0.5, 0.6) is 11.5 Å². The van der Waals surface area contributed by atoms with E-state index in [1.54, 1.807) is 25.1 Å². The molecule has 3 aromatic carbocycles. The minimum absolute atomic E-state index is 0.00171. The molecule has 2 N–H and O–H groups in total. The highest BCUT2D eigenvalue weighted by atomic mass is 35.5. The molecule has 0 aliphatic heterocycles. The number of halogens is 1. The number of esters is 1. The van der Waals surface area contributed by atoms with E-state index in [0.29, 0.717) is 17.0 Å². The zero-order valence-electron chi connectivity index (χ0n) is 19.1. The van der Waals surface area contributed by atoms with Crippen LogP contribution >= 0.6 is 11.6 Å². The number of nitrogens with one attached hydrogen (secondary N) is 2. The van der Waals surface area contributed by atoms with Crippen LogP contribution < -0.4 is 19.5 Å². The molecule has 0 fully saturated rings. The van der Waals surface area contributed by atoms with Gasteiger partial charge in [-0.2, -0.15) is 0 Å². The second-order valence-electron chi connectivity index (χ2n) is 7.07. The number of carbonyl (C=O) groups is 2. The minimum atomic E-state index is -4.15. The van der Waals surface area contributed by atoms with Crippen LogP contribution in [0.25, 0.3) is 0 Å². The number of carbonyl (C=O) groups excluding carboxylic acids is 2. The normalized spacial score (nSPS) is 10.9. The molecule has 1 amide bonds. The van der Waals surface area contributed by atoms with Gasteiger partial charge < -0.3 is 19.5 Å². The molecular formula is C24H23ClN2O7S. The molecule has 0 atom stereocenters. The van der Waals surface area contributed by atoms with Gasteiger partial charge >= 0.3 is 5.97 Å². The Morgan fingerprint density at radius 3 is 2.23 bits per heavy atom. The van der Waals surface area contributed by atoms with Crippen molar-refractivity contribution in [3.8, 4) is 11.5 Å². The van der Waals surface area contributed by atoms with E-state index in [-0.39, 0.29) is 33.5 Å². The van der Waals surface area contributed by atoms with Crippen molar-refractivity contribution in [3.05, 3.63) is 76.8 Å². The molecule has 35 heavy (non-hydrogen) atoms. The zero-order valence-corrected chi connectivity index (χ0v) is 20.7. The first kappa shape index (κ1) is 25.9. The largest absolute Gasteiger partial charge is 0.497 e. The molecule has 11 heteroatoms. The summed E-state index contributed by atoms with van der Waals surface area (Å²) in [5.74, 6) is -0.549. The molecule has 184 valence electrons. The van der Waals surface area contributed by atoms with Crippen molar-refractivity contribution in [2.45, 2.75) is 11.8 Å². The Bertz CT molecular complexity index is 1340. The van der Waals surface area contributed by atoms with Crippen molar-refractivity contribution in [2.75, 3.05) is 30.9 Å². The fourth-order valence-corrected chi connectivity index (χ4v) is 4.52. The predicted octanol–water partition coefficient (Wildman–Crippen LogP) is 4.59. The number of sulfonamides is 1. The summed E-state index contributed by atoms with van der Waals surface area (Å²) in [5, 5.41) is 2.77. The van der Waals surface area contributed by atoms with Gasteiger partial charge in [-0.1, -0.05) is 11.6 Å². The molecule has 0 radical (unpaired) electrons. The molecule has 0 bridgehead atoms. The molecule has 9 nitrogen and oxygen atoms in total. The number of hydrogen-bond acceptors (Lipinski definition) is 7. The lowest BCUT2D eigenvalue weighted by Gasteiger charge is -2.14. The fraction of sp³-hybridized carbons (Fsp3) is 0.167. The maximum Gasteiger partial charge on any atom is 0.338 e. The molecule has 0 aliphatic carbocycles. The Morgan fingerprint density at radius 1 is 0.914 bits per heavy atom.